The SMILES string of the molecule is CN(C(=O)C1CC1)c1ccccc1C(=O)N1CCC(NC(=O)CCc2ccccc2)CC1. The second kappa shape index (κ2) is 9.98. The second-order valence-electron chi connectivity index (χ2n) is 8.81. The van der Waals surface area contributed by atoms with E-state index in [-0.39, 0.29) is 29.7 Å². The number of para-hydroxylation sites is 1. The van der Waals surface area contributed by atoms with Crippen LogP contribution in [0, 0.1) is 5.92 Å². The van der Waals surface area contributed by atoms with Crippen LogP contribution in [0.1, 0.15) is 48.0 Å². The molecule has 2 aromatic rings. The van der Waals surface area contributed by atoms with Crippen molar-refractivity contribution in [1.82, 2.24) is 10.2 Å². The van der Waals surface area contributed by atoms with Crippen molar-refractivity contribution >= 4 is 23.4 Å². The Morgan fingerprint density at radius 2 is 1.59 bits per heavy atom. The molecule has 0 bridgehead atoms. The Bertz CT molecular complexity index is 963. The molecule has 2 aliphatic rings. The number of aryl methyl sites for hydroxylation is 1. The highest BCUT2D eigenvalue weighted by atomic mass is 16.2. The van der Waals surface area contributed by atoms with Crippen LogP contribution in [0.4, 0.5) is 5.69 Å². The van der Waals surface area contributed by atoms with E-state index in [2.05, 4.69) is 5.32 Å². The summed E-state index contributed by atoms with van der Waals surface area (Å²) in [7, 11) is 1.75. The lowest BCUT2D eigenvalue weighted by molar-refractivity contribution is -0.122. The van der Waals surface area contributed by atoms with Crippen LogP contribution in [0.5, 0.6) is 0 Å². The largest absolute Gasteiger partial charge is 0.353 e. The number of carbonyl (C=O) groups is 3. The third-order valence-corrected chi connectivity index (χ3v) is 6.38. The predicted molar refractivity (Wildman–Crippen MR) is 124 cm³/mol. The van der Waals surface area contributed by atoms with Crippen LogP contribution in [-0.4, -0.2) is 48.8 Å². The molecule has 0 radical (unpaired) electrons. The van der Waals surface area contributed by atoms with Crippen LogP contribution in [0.3, 0.4) is 0 Å². The highest BCUT2D eigenvalue weighted by molar-refractivity contribution is 6.05. The molecule has 1 N–H and O–H groups in total. The molecule has 0 unspecified atom stereocenters. The molecule has 6 nitrogen and oxygen atoms in total. The van der Waals surface area contributed by atoms with Gasteiger partial charge >= 0.3 is 0 Å². The van der Waals surface area contributed by atoms with Gasteiger partial charge in [-0.15, -0.1) is 0 Å². The first-order valence-electron chi connectivity index (χ1n) is 11.5. The number of carbonyl (C=O) groups excluding carboxylic acids is 3. The summed E-state index contributed by atoms with van der Waals surface area (Å²) in [6, 6.07) is 17.4. The van der Waals surface area contributed by atoms with E-state index in [1.807, 2.05) is 53.4 Å². The van der Waals surface area contributed by atoms with Gasteiger partial charge in [-0.2, -0.15) is 0 Å². The van der Waals surface area contributed by atoms with E-state index in [0.717, 1.165) is 37.7 Å². The van der Waals surface area contributed by atoms with E-state index in [1.165, 1.54) is 0 Å². The van der Waals surface area contributed by atoms with Gasteiger partial charge in [0.05, 0.1) is 11.3 Å². The van der Waals surface area contributed by atoms with Crippen molar-refractivity contribution < 1.29 is 14.4 Å². The van der Waals surface area contributed by atoms with Crippen molar-refractivity contribution in [3.63, 3.8) is 0 Å². The highest BCUT2D eigenvalue weighted by Gasteiger charge is 2.34. The average Bonchev–Trinajstić information content (AvgIpc) is 3.68. The molecule has 3 amide bonds. The zero-order valence-electron chi connectivity index (χ0n) is 18.6. The summed E-state index contributed by atoms with van der Waals surface area (Å²) in [5.41, 5.74) is 2.40. The number of nitrogens with one attached hydrogen (secondary N) is 1. The molecule has 2 fully saturated rings. The minimum Gasteiger partial charge on any atom is -0.353 e. The quantitative estimate of drug-likeness (QED) is 0.728. The van der Waals surface area contributed by atoms with E-state index in [4.69, 9.17) is 0 Å². The van der Waals surface area contributed by atoms with E-state index in [0.29, 0.717) is 30.8 Å². The Morgan fingerprint density at radius 1 is 0.938 bits per heavy atom. The Labute approximate surface area is 189 Å². The standard InChI is InChI=1S/C26H31N3O3/c1-28(25(31)20-12-13-20)23-10-6-5-9-22(23)26(32)29-17-15-21(16-18-29)27-24(30)14-11-19-7-3-2-4-8-19/h2-10,20-21H,11-18H2,1H3,(H,27,30). The molecule has 6 heteroatoms. The number of amides is 3. The van der Waals surface area contributed by atoms with Gasteiger partial charge in [0, 0.05) is 38.5 Å². The smallest absolute Gasteiger partial charge is 0.255 e. The van der Waals surface area contributed by atoms with Gasteiger partial charge in [0.25, 0.3) is 5.91 Å². The molecule has 1 aliphatic heterocycles. The summed E-state index contributed by atoms with van der Waals surface area (Å²) in [5.74, 6) is 0.195. The zero-order chi connectivity index (χ0) is 22.5. The third kappa shape index (κ3) is 5.36. The highest BCUT2D eigenvalue weighted by Crippen LogP contribution is 2.33. The van der Waals surface area contributed by atoms with E-state index in [9.17, 15) is 14.4 Å². The number of anilines is 1. The molecule has 1 saturated carbocycles. The summed E-state index contributed by atoms with van der Waals surface area (Å²) in [5, 5.41) is 3.12. The van der Waals surface area contributed by atoms with E-state index in [1.54, 1.807) is 18.0 Å². The molecule has 0 atom stereocenters. The summed E-state index contributed by atoms with van der Waals surface area (Å²) in [6.45, 7) is 1.19. The molecule has 0 aromatic heterocycles. The first-order chi connectivity index (χ1) is 15.5. The molecule has 0 spiro atoms. The fourth-order valence-electron chi connectivity index (χ4n) is 4.27. The lowest BCUT2D eigenvalue weighted by atomic mass is 10.0. The minimum absolute atomic E-state index is 0.0510. The number of hydrogen-bond acceptors (Lipinski definition) is 3. The van der Waals surface area contributed by atoms with Crippen LogP contribution < -0.4 is 10.2 Å². The number of rotatable bonds is 7. The van der Waals surface area contributed by atoms with Gasteiger partial charge in [-0.25, -0.2) is 0 Å². The maximum Gasteiger partial charge on any atom is 0.255 e. The maximum absolute atomic E-state index is 13.2. The Kier molecular flexibility index (Phi) is 6.88. The maximum atomic E-state index is 13.2. The normalized spacial score (nSPS) is 16.5. The number of hydrogen-bond donors (Lipinski definition) is 1. The predicted octanol–water partition coefficient (Wildman–Crippen LogP) is 3.41. The molecule has 168 valence electrons. The fourth-order valence-corrected chi connectivity index (χ4v) is 4.27. The molecule has 4 rings (SSSR count). The Balaban J connectivity index is 1.29. The van der Waals surface area contributed by atoms with Crippen molar-refractivity contribution in [2.45, 2.75) is 44.6 Å². The van der Waals surface area contributed by atoms with Gasteiger partial charge in [0.2, 0.25) is 11.8 Å². The summed E-state index contributed by atoms with van der Waals surface area (Å²) >= 11 is 0. The van der Waals surface area contributed by atoms with Crippen molar-refractivity contribution in [3.8, 4) is 0 Å². The Hall–Kier alpha value is -3.15. The Morgan fingerprint density at radius 3 is 2.28 bits per heavy atom. The fraction of sp³-hybridized carbons (Fsp3) is 0.423. The number of benzene rings is 2. The van der Waals surface area contributed by atoms with Crippen LogP contribution in [0.2, 0.25) is 0 Å². The monoisotopic (exact) mass is 433 g/mol. The average molecular weight is 434 g/mol. The summed E-state index contributed by atoms with van der Waals surface area (Å²) in [6.07, 6.45) is 4.54. The lowest BCUT2D eigenvalue weighted by Crippen LogP contribution is -2.46. The summed E-state index contributed by atoms with van der Waals surface area (Å²) in [4.78, 5) is 41.5. The molecular formula is C26H31N3O3. The van der Waals surface area contributed by atoms with Crippen molar-refractivity contribution in [3.05, 3.63) is 65.7 Å². The van der Waals surface area contributed by atoms with Crippen molar-refractivity contribution in [2.75, 3.05) is 25.0 Å². The number of piperidine rings is 1. The van der Waals surface area contributed by atoms with Gasteiger partial charge in [-0.05, 0) is 49.8 Å². The van der Waals surface area contributed by atoms with Gasteiger partial charge in [-0.3, -0.25) is 14.4 Å². The summed E-state index contributed by atoms with van der Waals surface area (Å²) < 4.78 is 0. The third-order valence-electron chi connectivity index (χ3n) is 6.38. The van der Waals surface area contributed by atoms with Crippen LogP contribution >= 0.6 is 0 Å². The first kappa shape index (κ1) is 22.1. The van der Waals surface area contributed by atoms with Crippen LogP contribution in [0.15, 0.2) is 54.6 Å². The number of likely N-dealkylation sites (tertiary alicyclic amines) is 1. The van der Waals surface area contributed by atoms with E-state index >= 15 is 0 Å². The molecule has 1 heterocycles. The van der Waals surface area contributed by atoms with Crippen LogP contribution in [0.25, 0.3) is 0 Å². The molecular weight excluding hydrogens is 402 g/mol. The molecule has 32 heavy (non-hydrogen) atoms. The first-order valence-corrected chi connectivity index (χ1v) is 11.5. The van der Waals surface area contributed by atoms with Crippen LogP contribution in [-0.2, 0) is 16.0 Å². The molecule has 2 aromatic carbocycles. The van der Waals surface area contributed by atoms with E-state index < -0.39 is 0 Å². The van der Waals surface area contributed by atoms with Gasteiger partial charge < -0.3 is 15.1 Å². The zero-order valence-corrected chi connectivity index (χ0v) is 18.6. The van der Waals surface area contributed by atoms with Gasteiger partial charge in [0.15, 0.2) is 0 Å². The van der Waals surface area contributed by atoms with Crippen molar-refractivity contribution in [1.29, 1.82) is 0 Å². The topological polar surface area (TPSA) is 69.7 Å². The number of nitrogens with zero attached hydrogens (tertiary/aromatic N) is 2. The molecule has 1 saturated heterocycles. The van der Waals surface area contributed by atoms with Gasteiger partial charge in [0.1, 0.15) is 0 Å². The minimum atomic E-state index is -0.0510. The lowest BCUT2D eigenvalue weighted by Gasteiger charge is -2.33. The van der Waals surface area contributed by atoms with Gasteiger partial charge in [-0.1, -0.05) is 42.5 Å². The van der Waals surface area contributed by atoms with Crippen molar-refractivity contribution in [2.24, 2.45) is 5.92 Å². The molecule has 1 aliphatic carbocycles. The second-order valence-corrected chi connectivity index (χ2v) is 8.81.